The van der Waals surface area contributed by atoms with Crippen molar-refractivity contribution in [3.05, 3.63) is 30.6 Å². The normalized spacial score (nSPS) is 6.00. The summed E-state index contributed by atoms with van der Waals surface area (Å²) < 4.78 is 0. The lowest BCUT2D eigenvalue weighted by Crippen LogP contribution is -1.82. The smallest absolute Gasteiger partial charge is 0.204 e. The molecule has 0 aliphatic carbocycles. The molecule has 0 fully saturated rings. The number of rotatable bonds is 0. The topological polar surface area (TPSA) is 99.1 Å². The van der Waals surface area contributed by atoms with E-state index in [1.807, 2.05) is 18.2 Å². The summed E-state index contributed by atoms with van der Waals surface area (Å²) in [6.45, 7) is 0. The molecule has 0 aromatic carbocycles. The van der Waals surface area contributed by atoms with E-state index in [4.69, 9.17) is 9.59 Å². The van der Waals surface area contributed by atoms with Crippen LogP contribution >= 0.6 is 0 Å². The summed E-state index contributed by atoms with van der Waals surface area (Å²) >= 11 is 0. The summed E-state index contributed by atoms with van der Waals surface area (Å²) in [7, 11) is 0. The van der Waals surface area contributed by atoms with Gasteiger partial charge in [-0.2, -0.15) is 0 Å². The molecule has 5 nitrogen and oxygen atoms in total. The zero-order chi connectivity index (χ0) is 9.66. The largest absolute Gasteiger partial charge is 0.372 e. The quantitative estimate of drug-likeness (QED) is 0.501. The standard InChI is InChI=1S/C5H5N.2CH3NO/c1-2-4-6-5-3-1;2*2-1-3/h1-5H;2*1H,(H2,2,3). The molecule has 5 heteroatoms. The van der Waals surface area contributed by atoms with Crippen LogP contribution in [0.5, 0.6) is 0 Å². The van der Waals surface area contributed by atoms with Crippen LogP contribution in [0.2, 0.25) is 0 Å². The molecular weight excluding hydrogens is 158 g/mol. The molecule has 0 unspecified atom stereocenters. The lowest BCUT2D eigenvalue weighted by molar-refractivity contribution is -0.107. The number of pyridine rings is 1. The molecule has 0 aliphatic rings. The third-order valence-corrected chi connectivity index (χ3v) is 0.566. The van der Waals surface area contributed by atoms with Crippen molar-refractivity contribution in [3.63, 3.8) is 0 Å². The highest BCUT2D eigenvalue weighted by Crippen LogP contribution is 1.73. The van der Waals surface area contributed by atoms with E-state index in [2.05, 4.69) is 16.5 Å². The van der Waals surface area contributed by atoms with Crippen LogP contribution in [0.4, 0.5) is 0 Å². The minimum absolute atomic E-state index is 0.250. The van der Waals surface area contributed by atoms with Crippen molar-refractivity contribution in [1.29, 1.82) is 0 Å². The number of aromatic nitrogens is 1. The predicted molar refractivity (Wildman–Crippen MR) is 44.7 cm³/mol. The second-order valence-electron chi connectivity index (χ2n) is 1.30. The van der Waals surface area contributed by atoms with E-state index in [1.54, 1.807) is 12.4 Å². The Morgan fingerprint density at radius 3 is 1.33 bits per heavy atom. The van der Waals surface area contributed by atoms with Gasteiger partial charge in [-0.1, -0.05) is 6.07 Å². The maximum atomic E-state index is 8.58. The molecule has 0 radical (unpaired) electrons. The molecule has 0 atom stereocenters. The lowest BCUT2D eigenvalue weighted by atomic mass is 10.5. The molecule has 0 aliphatic heterocycles. The first kappa shape index (κ1) is 12.7. The van der Waals surface area contributed by atoms with Gasteiger partial charge in [0, 0.05) is 12.4 Å². The van der Waals surface area contributed by atoms with Crippen molar-refractivity contribution < 1.29 is 9.59 Å². The number of primary amides is 2. The fourth-order valence-corrected chi connectivity index (χ4v) is 0.313. The molecule has 1 aromatic heterocycles. The SMILES string of the molecule is NC=O.NC=O.c1ccncc1. The van der Waals surface area contributed by atoms with Crippen molar-refractivity contribution in [3.8, 4) is 0 Å². The molecule has 2 amide bonds. The first-order valence-electron chi connectivity index (χ1n) is 2.99. The summed E-state index contributed by atoms with van der Waals surface area (Å²) in [5, 5.41) is 0. The second-order valence-corrected chi connectivity index (χ2v) is 1.30. The molecular formula is C7H11N3O2. The Balaban J connectivity index is 0. The van der Waals surface area contributed by atoms with Gasteiger partial charge in [-0.15, -0.1) is 0 Å². The van der Waals surface area contributed by atoms with E-state index in [0.717, 1.165) is 0 Å². The zero-order valence-corrected chi connectivity index (χ0v) is 6.46. The Hall–Kier alpha value is -1.91. The number of nitrogens with zero attached hydrogens (tertiary/aromatic N) is 1. The molecule has 0 bridgehead atoms. The monoisotopic (exact) mass is 169 g/mol. The highest BCUT2D eigenvalue weighted by molar-refractivity contribution is 5.42. The van der Waals surface area contributed by atoms with Crippen molar-refractivity contribution in [2.45, 2.75) is 0 Å². The molecule has 1 heterocycles. The van der Waals surface area contributed by atoms with Crippen LogP contribution in [-0.4, -0.2) is 17.8 Å². The molecule has 12 heavy (non-hydrogen) atoms. The minimum Gasteiger partial charge on any atom is -0.372 e. The van der Waals surface area contributed by atoms with E-state index in [9.17, 15) is 0 Å². The van der Waals surface area contributed by atoms with Crippen LogP contribution in [0, 0.1) is 0 Å². The van der Waals surface area contributed by atoms with Gasteiger partial charge in [0.15, 0.2) is 0 Å². The van der Waals surface area contributed by atoms with Crippen molar-refractivity contribution in [2.24, 2.45) is 11.5 Å². The van der Waals surface area contributed by atoms with Gasteiger partial charge in [-0.25, -0.2) is 0 Å². The van der Waals surface area contributed by atoms with E-state index in [1.165, 1.54) is 0 Å². The summed E-state index contributed by atoms with van der Waals surface area (Å²) in [4.78, 5) is 21.0. The molecule has 0 spiro atoms. The third-order valence-electron chi connectivity index (χ3n) is 0.566. The molecule has 66 valence electrons. The highest BCUT2D eigenvalue weighted by atomic mass is 16.1. The Bertz CT molecular complexity index is 147. The number of nitrogens with two attached hydrogens (primary N) is 2. The van der Waals surface area contributed by atoms with Crippen LogP contribution < -0.4 is 11.5 Å². The van der Waals surface area contributed by atoms with E-state index < -0.39 is 0 Å². The Morgan fingerprint density at radius 1 is 0.917 bits per heavy atom. The van der Waals surface area contributed by atoms with Gasteiger partial charge in [-0.3, -0.25) is 14.6 Å². The van der Waals surface area contributed by atoms with Crippen molar-refractivity contribution in [2.75, 3.05) is 0 Å². The Labute approximate surface area is 70.4 Å². The highest BCUT2D eigenvalue weighted by Gasteiger charge is 1.58. The Kier molecular flexibility index (Phi) is 17.0. The van der Waals surface area contributed by atoms with E-state index in [-0.39, 0.29) is 12.8 Å². The second kappa shape index (κ2) is 16.0. The van der Waals surface area contributed by atoms with Gasteiger partial charge in [0.05, 0.1) is 0 Å². The molecule has 0 saturated carbocycles. The van der Waals surface area contributed by atoms with Gasteiger partial charge in [0.25, 0.3) is 0 Å². The number of carbonyl (C=O) groups excluding carboxylic acids is 2. The van der Waals surface area contributed by atoms with Crippen LogP contribution in [0.3, 0.4) is 0 Å². The van der Waals surface area contributed by atoms with Crippen molar-refractivity contribution >= 4 is 12.8 Å². The van der Waals surface area contributed by atoms with Crippen LogP contribution in [0.25, 0.3) is 0 Å². The zero-order valence-electron chi connectivity index (χ0n) is 6.46. The number of hydrogen-bond donors (Lipinski definition) is 2. The first-order valence-corrected chi connectivity index (χ1v) is 2.99. The lowest BCUT2D eigenvalue weighted by Gasteiger charge is -1.70. The minimum atomic E-state index is 0.250. The first-order chi connectivity index (χ1) is 5.83. The summed E-state index contributed by atoms with van der Waals surface area (Å²) in [6, 6.07) is 5.72. The molecule has 0 saturated heterocycles. The average Bonchev–Trinajstić information content (AvgIpc) is 2.10. The molecule has 1 rings (SSSR count). The fraction of sp³-hybridized carbons (Fsp3) is 0. The van der Waals surface area contributed by atoms with E-state index in [0.29, 0.717) is 0 Å². The Morgan fingerprint density at radius 2 is 1.25 bits per heavy atom. The average molecular weight is 169 g/mol. The van der Waals surface area contributed by atoms with Gasteiger partial charge >= 0.3 is 0 Å². The number of amides is 2. The van der Waals surface area contributed by atoms with Crippen LogP contribution in [0.15, 0.2) is 30.6 Å². The summed E-state index contributed by atoms with van der Waals surface area (Å²) in [5.74, 6) is 0. The summed E-state index contributed by atoms with van der Waals surface area (Å²) in [5.41, 5.74) is 8.33. The maximum absolute atomic E-state index is 8.58. The fourth-order valence-electron chi connectivity index (χ4n) is 0.313. The van der Waals surface area contributed by atoms with Gasteiger partial charge in [-0.05, 0) is 12.1 Å². The number of hydrogen-bond acceptors (Lipinski definition) is 3. The third kappa shape index (κ3) is 24.3. The van der Waals surface area contributed by atoms with Gasteiger partial charge in [0.1, 0.15) is 0 Å². The van der Waals surface area contributed by atoms with Gasteiger partial charge < -0.3 is 11.5 Å². The van der Waals surface area contributed by atoms with Gasteiger partial charge in [0.2, 0.25) is 12.8 Å². The maximum Gasteiger partial charge on any atom is 0.204 e. The number of carbonyl (C=O) groups is 2. The van der Waals surface area contributed by atoms with Crippen LogP contribution in [-0.2, 0) is 9.59 Å². The van der Waals surface area contributed by atoms with E-state index >= 15 is 0 Å². The van der Waals surface area contributed by atoms with Crippen molar-refractivity contribution in [1.82, 2.24) is 4.98 Å². The molecule has 4 N–H and O–H groups in total. The summed E-state index contributed by atoms with van der Waals surface area (Å²) in [6.07, 6.45) is 4.00. The predicted octanol–water partition coefficient (Wildman–Crippen LogP) is -0.715. The van der Waals surface area contributed by atoms with Crippen LogP contribution in [0.1, 0.15) is 0 Å². The molecule has 1 aromatic rings.